The monoisotopic (exact) mass is 235 g/mol. The van der Waals surface area contributed by atoms with Gasteiger partial charge in [0.1, 0.15) is 0 Å². The summed E-state index contributed by atoms with van der Waals surface area (Å²) in [7, 11) is -3.35. The van der Waals surface area contributed by atoms with Gasteiger partial charge in [-0.3, -0.25) is 4.90 Å². The number of primary sulfonamides is 1. The Morgan fingerprint density at radius 3 is 2.67 bits per heavy atom. The van der Waals surface area contributed by atoms with Crippen LogP contribution in [-0.2, 0) is 10.0 Å². The Balaban J connectivity index is 2.46. The molecule has 1 rings (SSSR count). The Labute approximate surface area is 91.9 Å². The molecule has 0 aromatic carbocycles. The minimum atomic E-state index is -3.35. The minimum absolute atomic E-state index is 0.0257. The highest BCUT2D eigenvalue weighted by molar-refractivity contribution is 7.89. The van der Waals surface area contributed by atoms with E-state index < -0.39 is 10.0 Å². The molecular formula is C9H21N3O2S. The normalized spacial score (nSPS) is 29.3. The predicted molar refractivity (Wildman–Crippen MR) is 60.8 cm³/mol. The summed E-state index contributed by atoms with van der Waals surface area (Å²) in [6.45, 7) is 4.24. The Morgan fingerprint density at radius 1 is 1.47 bits per heavy atom. The van der Waals surface area contributed by atoms with Crippen LogP contribution in [0.15, 0.2) is 0 Å². The van der Waals surface area contributed by atoms with Crippen molar-refractivity contribution in [3.63, 3.8) is 0 Å². The van der Waals surface area contributed by atoms with Gasteiger partial charge in [0.2, 0.25) is 10.0 Å². The third kappa shape index (κ3) is 4.46. The van der Waals surface area contributed by atoms with E-state index in [-0.39, 0.29) is 5.75 Å². The van der Waals surface area contributed by atoms with Gasteiger partial charge in [-0.2, -0.15) is 0 Å². The molecule has 0 amide bonds. The maximum Gasteiger partial charge on any atom is 0.210 e. The van der Waals surface area contributed by atoms with Crippen LogP contribution in [0.25, 0.3) is 0 Å². The molecule has 0 saturated carbocycles. The SMILES string of the molecule is CC1CCN(CCS(N)(=O)=O)C(CN)C1. The first kappa shape index (κ1) is 12.9. The summed E-state index contributed by atoms with van der Waals surface area (Å²) in [4.78, 5) is 2.14. The highest BCUT2D eigenvalue weighted by atomic mass is 32.2. The summed E-state index contributed by atoms with van der Waals surface area (Å²) in [5.74, 6) is 0.710. The number of sulfonamides is 1. The van der Waals surface area contributed by atoms with E-state index in [0.29, 0.717) is 25.0 Å². The number of nitrogens with two attached hydrogens (primary N) is 2. The van der Waals surface area contributed by atoms with Crippen LogP contribution < -0.4 is 10.9 Å². The van der Waals surface area contributed by atoms with Crippen molar-refractivity contribution in [2.45, 2.75) is 25.8 Å². The maximum absolute atomic E-state index is 10.9. The summed E-state index contributed by atoms with van der Waals surface area (Å²) in [6, 6.07) is 0.315. The number of likely N-dealkylation sites (tertiary alicyclic amines) is 1. The van der Waals surface area contributed by atoms with Crippen molar-refractivity contribution in [3.8, 4) is 0 Å². The molecule has 5 nitrogen and oxygen atoms in total. The molecule has 1 saturated heterocycles. The molecule has 0 radical (unpaired) electrons. The summed E-state index contributed by atoms with van der Waals surface area (Å²) >= 11 is 0. The third-order valence-electron chi connectivity index (χ3n) is 3.04. The molecule has 4 N–H and O–H groups in total. The van der Waals surface area contributed by atoms with E-state index >= 15 is 0 Å². The third-order valence-corrected chi connectivity index (χ3v) is 3.79. The van der Waals surface area contributed by atoms with Crippen molar-refractivity contribution in [1.82, 2.24) is 4.90 Å². The van der Waals surface area contributed by atoms with E-state index in [9.17, 15) is 8.42 Å². The number of piperidine rings is 1. The lowest BCUT2D eigenvalue weighted by Gasteiger charge is -2.37. The van der Waals surface area contributed by atoms with Gasteiger partial charge in [-0.1, -0.05) is 6.92 Å². The van der Waals surface area contributed by atoms with E-state index in [4.69, 9.17) is 10.9 Å². The van der Waals surface area contributed by atoms with Crippen LogP contribution in [0.5, 0.6) is 0 Å². The quantitative estimate of drug-likeness (QED) is 0.676. The minimum Gasteiger partial charge on any atom is -0.329 e. The van der Waals surface area contributed by atoms with E-state index in [1.165, 1.54) is 0 Å². The van der Waals surface area contributed by atoms with Crippen molar-refractivity contribution < 1.29 is 8.42 Å². The van der Waals surface area contributed by atoms with Gasteiger partial charge in [-0.15, -0.1) is 0 Å². The van der Waals surface area contributed by atoms with Crippen LogP contribution in [0.1, 0.15) is 19.8 Å². The first-order valence-corrected chi connectivity index (χ1v) is 7.08. The second kappa shape index (κ2) is 5.25. The van der Waals surface area contributed by atoms with Gasteiger partial charge >= 0.3 is 0 Å². The van der Waals surface area contributed by atoms with Crippen LogP contribution in [0, 0.1) is 5.92 Å². The van der Waals surface area contributed by atoms with Gasteiger partial charge < -0.3 is 5.73 Å². The zero-order chi connectivity index (χ0) is 11.5. The number of hydrogen-bond donors (Lipinski definition) is 2. The lowest BCUT2D eigenvalue weighted by Crippen LogP contribution is -2.48. The highest BCUT2D eigenvalue weighted by Crippen LogP contribution is 2.21. The number of nitrogens with zero attached hydrogens (tertiary/aromatic N) is 1. The van der Waals surface area contributed by atoms with Crippen molar-refractivity contribution in [2.24, 2.45) is 16.8 Å². The Kier molecular flexibility index (Phi) is 4.51. The molecule has 90 valence electrons. The fraction of sp³-hybridized carbons (Fsp3) is 1.00. The summed E-state index contributed by atoms with van der Waals surface area (Å²) in [6.07, 6.45) is 2.17. The molecule has 1 aliphatic rings. The topological polar surface area (TPSA) is 89.4 Å². The zero-order valence-electron chi connectivity index (χ0n) is 9.22. The van der Waals surface area contributed by atoms with Crippen LogP contribution >= 0.6 is 0 Å². The molecule has 1 heterocycles. The second-order valence-electron chi connectivity index (χ2n) is 4.42. The Bertz CT molecular complexity index is 292. The van der Waals surface area contributed by atoms with Crippen molar-refractivity contribution >= 4 is 10.0 Å². The van der Waals surface area contributed by atoms with Gasteiger partial charge in [0.15, 0.2) is 0 Å². The van der Waals surface area contributed by atoms with E-state index in [2.05, 4.69) is 11.8 Å². The molecule has 1 aliphatic heterocycles. The van der Waals surface area contributed by atoms with Crippen molar-refractivity contribution in [3.05, 3.63) is 0 Å². The van der Waals surface area contributed by atoms with Gasteiger partial charge in [0.05, 0.1) is 5.75 Å². The average molecular weight is 235 g/mol. The first-order chi connectivity index (χ1) is 6.92. The lowest BCUT2D eigenvalue weighted by atomic mass is 9.92. The fourth-order valence-electron chi connectivity index (χ4n) is 2.08. The zero-order valence-corrected chi connectivity index (χ0v) is 10.0. The number of hydrogen-bond acceptors (Lipinski definition) is 4. The lowest BCUT2D eigenvalue weighted by molar-refractivity contribution is 0.130. The molecule has 2 unspecified atom stereocenters. The maximum atomic E-state index is 10.9. The number of rotatable bonds is 4. The highest BCUT2D eigenvalue weighted by Gasteiger charge is 2.25. The smallest absolute Gasteiger partial charge is 0.210 e. The van der Waals surface area contributed by atoms with Gasteiger partial charge in [0, 0.05) is 19.1 Å². The van der Waals surface area contributed by atoms with E-state index in [1.54, 1.807) is 0 Å². The molecule has 0 aromatic rings. The van der Waals surface area contributed by atoms with E-state index in [0.717, 1.165) is 19.4 Å². The van der Waals surface area contributed by atoms with Crippen LogP contribution in [-0.4, -0.2) is 44.7 Å². The molecule has 0 aliphatic carbocycles. The standard InChI is InChI=1S/C9H21N3O2S/c1-8-2-3-12(9(6-8)7-10)4-5-15(11,13)14/h8-9H,2-7,10H2,1H3,(H2,11,13,14). The van der Waals surface area contributed by atoms with Crippen molar-refractivity contribution in [1.29, 1.82) is 0 Å². The van der Waals surface area contributed by atoms with Gasteiger partial charge in [-0.05, 0) is 25.3 Å². The van der Waals surface area contributed by atoms with Crippen LogP contribution in [0.4, 0.5) is 0 Å². The summed E-state index contributed by atoms with van der Waals surface area (Å²) < 4.78 is 21.7. The largest absolute Gasteiger partial charge is 0.329 e. The summed E-state index contributed by atoms with van der Waals surface area (Å²) in [5, 5.41) is 4.98. The molecule has 15 heavy (non-hydrogen) atoms. The average Bonchev–Trinajstić information content (AvgIpc) is 2.14. The van der Waals surface area contributed by atoms with Crippen LogP contribution in [0.3, 0.4) is 0 Å². The van der Waals surface area contributed by atoms with Gasteiger partial charge in [-0.25, -0.2) is 13.6 Å². The molecule has 2 atom stereocenters. The fourth-order valence-corrected chi connectivity index (χ4v) is 2.57. The Morgan fingerprint density at radius 2 is 2.13 bits per heavy atom. The first-order valence-electron chi connectivity index (χ1n) is 5.37. The molecule has 0 bridgehead atoms. The predicted octanol–water partition coefficient (Wildman–Crippen LogP) is -0.666. The molecule has 0 aromatic heterocycles. The summed E-state index contributed by atoms with van der Waals surface area (Å²) in [5.41, 5.74) is 5.67. The Hall–Kier alpha value is -0.170. The molecule has 6 heteroatoms. The van der Waals surface area contributed by atoms with Crippen LogP contribution in [0.2, 0.25) is 0 Å². The molecule has 1 fully saturated rings. The van der Waals surface area contributed by atoms with Crippen molar-refractivity contribution in [2.75, 3.05) is 25.4 Å². The second-order valence-corrected chi connectivity index (χ2v) is 6.16. The van der Waals surface area contributed by atoms with E-state index in [1.807, 2.05) is 0 Å². The molecular weight excluding hydrogens is 214 g/mol. The molecule has 0 spiro atoms. The van der Waals surface area contributed by atoms with Gasteiger partial charge in [0.25, 0.3) is 0 Å².